The van der Waals surface area contributed by atoms with Gasteiger partial charge in [0, 0.05) is 6.07 Å². The number of carbonyl (C=O) groups is 1. The zero-order valence-electron chi connectivity index (χ0n) is 11.5. The summed E-state index contributed by atoms with van der Waals surface area (Å²) in [7, 11) is 2.94. The quantitative estimate of drug-likeness (QED) is 0.909. The van der Waals surface area contributed by atoms with Gasteiger partial charge in [-0.2, -0.15) is 0 Å². The van der Waals surface area contributed by atoms with Crippen LogP contribution in [0.1, 0.15) is 10.4 Å². The number of phenols is 1. The third-order valence-electron chi connectivity index (χ3n) is 2.88. The minimum atomic E-state index is -0.806. The molecular weight excluding hydrogens is 277 g/mol. The molecule has 0 heterocycles. The molecule has 0 saturated heterocycles. The Labute approximate surface area is 120 Å². The number of anilines is 1. The van der Waals surface area contributed by atoms with E-state index in [-0.39, 0.29) is 0 Å². The first kappa shape index (κ1) is 14.6. The first-order chi connectivity index (χ1) is 10.1. The molecule has 0 aliphatic rings. The number of aromatic hydroxyl groups is 1. The standard InChI is InChI=1S/C15H14FNO4/c1-20-9-6-7-11(13(8-9)21-2)17-15(19)14-10(16)4-3-5-12(14)18/h3-8,18H,1-2H3,(H,17,19). The monoisotopic (exact) mass is 291 g/mol. The SMILES string of the molecule is COc1ccc(NC(=O)c2c(O)cccc2F)c(OC)c1. The highest BCUT2D eigenvalue weighted by molar-refractivity contribution is 6.07. The summed E-state index contributed by atoms with van der Waals surface area (Å²) < 4.78 is 23.8. The second kappa shape index (κ2) is 6.13. The Hall–Kier alpha value is -2.76. The Morgan fingerprint density at radius 2 is 1.95 bits per heavy atom. The largest absolute Gasteiger partial charge is 0.507 e. The lowest BCUT2D eigenvalue weighted by molar-refractivity contribution is 0.102. The molecule has 2 rings (SSSR count). The van der Waals surface area contributed by atoms with Gasteiger partial charge < -0.3 is 19.9 Å². The van der Waals surface area contributed by atoms with Crippen LogP contribution >= 0.6 is 0 Å². The Morgan fingerprint density at radius 1 is 1.19 bits per heavy atom. The third kappa shape index (κ3) is 3.05. The van der Waals surface area contributed by atoms with Gasteiger partial charge in [-0.3, -0.25) is 4.79 Å². The number of rotatable bonds is 4. The molecular formula is C15H14FNO4. The number of benzene rings is 2. The van der Waals surface area contributed by atoms with E-state index in [1.807, 2.05) is 0 Å². The fraction of sp³-hybridized carbons (Fsp3) is 0.133. The topological polar surface area (TPSA) is 67.8 Å². The summed E-state index contributed by atoms with van der Waals surface area (Å²) in [5.74, 6) is -1.09. The number of ether oxygens (including phenoxy) is 2. The van der Waals surface area contributed by atoms with Crippen molar-refractivity contribution in [3.05, 3.63) is 47.8 Å². The number of carbonyl (C=O) groups excluding carboxylic acids is 1. The van der Waals surface area contributed by atoms with Crippen molar-refractivity contribution in [2.24, 2.45) is 0 Å². The van der Waals surface area contributed by atoms with E-state index in [2.05, 4.69) is 5.32 Å². The first-order valence-electron chi connectivity index (χ1n) is 6.07. The van der Waals surface area contributed by atoms with Crippen LogP contribution in [0.3, 0.4) is 0 Å². The third-order valence-corrected chi connectivity index (χ3v) is 2.88. The van der Waals surface area contributed by atoms with E-state index in [9.17, 15) is 14.3 Å². The highest BCUT2D eigenvalue weighted by Gasteiger charge is 2.18. The predicted octanol–water partition coefficient (Wildman–Crippen LogP) is 2.80. The molecule has 0 aliphatic heterocycles. The van der Waals surface area contributed by atoms with E-state index >= 15 is 0 Å². The lowest BCUT2D eigenvalue weighted by Crippen LogP contribution is -2.14. The van der Waals surface area contributed by atoms with Crippen molar-refractivity contribution in [3.8, 4) is 17.2 Å². The van der Waals surface area contributed by atoms with Gasteiger partial charge in [0.25, 0.3) is 5.91 Å². The summed E-state index contributed by atoms with van der Waals surface area (Å²) in [5, 5.41) is 12.1. The van der Waals surface area contributed by atoms with E-state index < -0.39 is 23.0 Å². The van der Waals surface area contributed by atoms with Crippen molar-refractivity contribution < 1.29 is 23.8 Å². The maximum absolute atomic E-state index is 13.6. The van der Waals surface area contributed by atoms with Gasteiger partial charge in [-0.25, -0.2) is 4.39 Å². The van der Waals surface area contributed by atoms with Gasteiger partial charge >= 0.3 is 0 Å². The average molecular weight is 291 g/mol. The minimum absolute atomic E-state index is 0.339. The van der Waals surface area contributed by atoms with Crippen molar-refractivity contribution >= 4 is 11.6 Å². The molecule has 0 bridgehead atoms. The highest BCUT2D eigenvalue weighted by Crippen LogP contribution is 2.30. The van der Waals surface area contributed by atoms with Gasteiger partial charge in [0.15, 0.2) is 0 Å². The van der Waals surface area contributed by atoms with Crippen molar-refractivity contribution in [2.75, 3.05) is 19.5 Å². The molecule has 5 nitrogen and oxygen atoms in total. The molecule has 2 N–H and O–H groups in total. The molecule has 1 amide bonds. The van der Waals surface area contributed by atoms with Crippen LogP contribution in [0.2, 0.25) is 0 Å². The Balaban J connectivity index is 2.32. The summed E-state index contributed by atoms with van der Waals surface area (Å²) in [6.45, 7) is 0. The molecule has 0 radical (unpaired) electrons. The summed E-state index contributed by atoms with van der Waals surface area (Å²) in [6.07, 6.45) is 0. The smallest absolute Gasteiger partial charge is 0.262 e. The molecule has 2 aromatic rings. The van der Waals surface area contributed by atoms with Gasteiger partial charge in [0.05, 0.1) is 19.9 Å². The van der Waals surface area contributed by atoms with Crippen molar-refractivity contribution in [2.45, 2.75) is 0 Å². The molecule has 0 spiro atoms. The fourth-order valence-corrected chi connectivity index (χ4v) is 1.82. The number of halogens is 1. The van der Waals surface area contributed by atoms with Crippen LogP contribution in [0.15, 0.2) is 36.4 Å². The van der Waals surface area contributed by atoms with Gasteiger partial charge in [-0.05, 0) is 24.3 Å². The van der Waals surface area contributed by atoms with Crippen LogP contribution < -0.4 is 14.8 Å². The lowest BCUT2D eigenvalue weighted by Gasteiger charge is -2.12. The molecule has 0 aliphatic carbocycles. The van der Waals surface area contributed by atoms with E-state index in [1.54, 1.807) is 18.2 Å². The van der Waals surface area contributed by atoms with Crippen LogP contribution in [0.4, 0.5) is 10.1 Å². The molecule has 0 unspecified atom stereocenters. The maximum atomic E-state index is 13.6. The fourth-order valence-electron chi connectivity index (χ4n) is 1.82. The van der Waals surface area contributed by atoms with Crippen molar-refractivity contribution in [3.63, 3.8) is 0 Å². The Bertz CT molecular complexity index is 652. The van der Waals surface area contributed by atoms with Gasteiger partial charge in [0.1, 0.15) is 28.6 Å². The van der Waals surface area contributed by atoms with Gasteiger partial charge in [-0.15, -0.1) is 0 Å². The van der Waals surface area contributed by atoms with E-state index in [0.717, 1.165) is 6.07 Å². The zero-order chi connectivity index (χ0) is 15.4. The summed E-state index contributed by atoms with van der Waals surface area (Å²) in [5.41, 5.74) is -0.0821. The molecule has 21 heavy (non-hydrogen) atoms. The minimum Gasteiger partial charge on any atom is -0.507 e. The molecule has 6 heteroatoms. The molecule has 2 aromatic carbocycles. The lowest BCUT2D eigenvalue weighted by atomic mass is 10.1. The van der Waals surface area contributed by atoms with Crippen LogP contribution in [0.25, 0.3) is 0 Å². The molecule has 0 saturated carbocycles. The average Bonchev–Trinajstić information content (AvgIpc) is 2.47. The number of hydrogen-bond acceptors (Lipinski definition) is 4. The van der Waals surface area contributed by atoms with Crippen LogP contribution in [0.5, 0.6) is 17.2 Å². The number of amides is 1. The summed E-state index contributed by atoms with van der Waals surface area (Å²) in [4.78, 5) is 12.1. The predicted molar refractivity (Wildman–Crippen MR) is 75.6 cm³/mol. The van der Waals surface area contributed by atoms with Gasteiger partial charge in [0.2, 0.25) is 0 Å². The van der Waals surface area contributed by atoms with Crippen LogP contribution in [0, 0.1) is 5.82 Å². The van der Waals surface area contributed by atoms with Crippen molar-refractivity contribution in [1.29, 1.82) is 0 Å². The maximum Gasteiger partial charge on any atom is 0.262 e. The molecule has 0 fully saturated rings. The normalized spacial score (nSPS) is 10.0. The van der Waals surface area contributed by atoms with Crippen molar-refractivity contribution in [1.82, 2.24) is 0 Å². The highest BCUT2D eigenvalue weighted by atomic mass is 19.1. The number of nitrogens with one attached hydrogen (secondary N) is 1. The zero-order valence-corrected chi connectivity index (χ0v) is 11.5. The first-order valence-corrected chi connectivity index (χ1v) is 6.07. The van der Waals surface area contributed by atoms with Crippen LogP contribution in [-0.4, -0.2) is 25.2 Å². The number of hydrogen-bond donors (Lipinski definition) is 2. The Kier molecular flexibility index (Phi) is 4.27. The number of phenolic OH excluding ortho intramolecular Hbond substituents is 1. The van der Waals surface area contributed by atoms with E-state index in [1.165, 1.54) is 26.4 Å². The molecule has 0 aromatic heterocycles. The number of methoxy groups -OCH3 is 2. The second-order valence-electron chi connectivity index (χ2n) is 4.15. The van der Waals surface area contributed by atoms with Crippen LogP contribution in [-0.2, 0) is 0 Å². The van der Waals surface area contributed by atoms with Gasteiger partial charge in [-0.1, -0.05) is 6.07 Å². The summed E-state index contributed by atoms with van der Waals surface area (Å²) >= 11 is 0. The molecule has 0 atom stereocenters. The van der Waals surface area contributed by atoms with E-state index in [0.29, 0.717) is 17.2 Å². The molecule has 110 valence electrons. The second-order valence-corrected chi connectivity index (χ2v) is 4.15. The summed E-state index contributed by atoms with van der Waals surface area (Å²) in [6, 6.07) is 8.42. The Morgan fingerprint density at radius 3 is 2.57 bits per heavy atom. The van der Waals surface area contributed by atoms with E-state index in [4.69, 9.17) is 9.47 Å².